The van der Waals surface area contributed by atoms with E-state index in [0.717, 1.165) is 5.56 Å². The molecule has 5 nitrogen and oxygen atoms in total. The lowest BCUT2D eigenvalue weighted by Gasteiger charge is -2.34. The molecule has 1 aliphatic heterocycles. The van der Waals surface area contributed by atoms with Crippen LogP contribution in [0.5, 0.6) is 0 Å². The second kappa shape index (κ2) is 6.83. The number of carbonyl (C=O) groups excluding carboxylic acids is 1. The predicted molar refractivity (Wildman–Crippen MR) is 84.7 cm³/mol. The van der Waals surface area contributed by atoms with Gasteiger partial charge in [0.1, 0.15) is 17.6 Å². The third-order valence-electron chi connectivity index (χ3n) is 4.14. The quantitative estimate of drug-likeness (QED) is 0.781. The molecule has 2 rings (SSSR count). The molecule has 0 bridgehead atoms. The summed E-state index contributed by atoms with van der Waals surface area (Å²) >= 11 is 0. The topological polar surface area (TPSA) is 55.6 Å². The molecule has 1 aromatic rings. The van der Waals surface area contributed by atoms with Crippen molar-refractivity contribution in [1.29, 1.82) is 0 Å². The van der Waals surface area contributed by atoms with Gasteiger partial charge in [-0.15, -0.1) is 0 Å². The summed E-state index contributed by atoms with van der Waals surface area (Å²) in [6, 6.07) is 0. The highest BCUT2D eigenvalue weighted by Crippen LogP contribution is 2.29. The number of carbonyl (C=O) groups is 1. The summed E-state index contributed by atoms with van der Waals surface area (Å²) in [5, 5.41) is 4.00. The van der Waals surface area contributed by atoms with Crippen molar-refractivity contribution in [3.05, 3.63) is 30.2 Å². The summed E-state index contributed by atoms with van der Waals surface area (Å²) in [7, 11) is 0. The van der Waals surface area contributed by atoms with E-state index < -0.39 is 5.67 Å². The third kappa shape index (κ3) is 4.41. The van der Waals surface area contributed by atoms with E-state index in [-0.39, 0.29) is 24.4 Å². The van der Waals surface area contributed by atoms with E-state index in [4.69, 9.17) is 9.26 Å². The lowest BCUT2D eigenvalue weighted by atomic mass is 9.87. The van der Waals surface area contributed by atoms with Crippen molar-refractivity contribution in [3.63, 3.8) is 0 Å². The molecule has 1 amide bonds. The van der Waals surface area contributed by atoms with Crippen molar-refractivity contribution in [2.45, 2.75) is 51.2 Å². The van der Waals surface area contributed by atoms with Crippen LogP contribution in [-0.4, -0.2) is 41.4 Å². The van der Waals surface area contributed by atoms with Crippen LogP contribution in [0.25, 0.3) is 0 Å². The molecule has 128 valence electrons. The van der Waals surface area contributed by atoms with E-state index in [9.17, 15) is 9.18 Å². The molecule has 0 spiro atoms. The van der Waals surface area contributed by atoms with E-state index in [2.05, 4.69) is 11.7 Å². The van der Waals surface area contributed by atoms with Crippen LogP contribution < -0.4 is 0 Å². The van der Waals surface area contributed by atoms with Crippen LogP contribution in [-0.2, 0) is 21.5 Å². The number of halogens is 1. The fourth-order valence-corrected chi connectivity index (χ4v) is 2.74. The first-order chi connectivity index (χ1) is 10.7. The van der Waals surface area contributed by atoms with Crippen molar-refractivity contribution < 1.29 is 18.4 Å². The Bertz CT molecular complexity index is 556. The van der Waals surface area contributed by atoms with Crippen molar-refractivity contribution >= 4 is 5.91 Å². The zero-order chi connectivity index (χ0) is 17.1. The van der Waals surface area contributed by atoms with Crippen LogP contribution in [0.4, 0.5) is 4.39 Å². The molecule has 0 radical (unpaired) electrons. The number of alkyl halides is 1. The standard InChI is InChI=1S/C17H25FN2O3/c1-5-15(21)20(12-17(18)6-8-22-9-7-17)10-14-13(11-23-19-14)16(2,3)4/h5,11H,1,6-10,12H2,2-4H3. The first-order valence-electron chi connectivity index (χ1n) is 7.87. The van der Waals surface area contributed by atoms with E-state index in [1.54, 1.807) is 6.26 Å². The molecule has 0 atom stereocenters. The number of hydrogen-bond donors (Lipinski definition) is 0. The van der Waals surface area contributed by atoms with Gasteiger partial charge in [0.15, 0.2) is 0 Å². The van der Waals surface area contributed by atoms with Crippen molar-refractivity contribution in [1.82, 2.24) is 10.1 Å². The van der Waals surface area contributed by atoms with E-state index >= 15 is 0 Å². The molecule has 0 aliphatic carbocycles. The summed E-state index contributed by atoms with van der Waals surface area (Å²) in [4.78, 5) is 13.6. The second-order valence-electron chi connectivity index (χ2n) is 7.09. The fraction of sp³-hybridized carbons (Fsp3) is 0.647. The van der Waals surface area contributed by atoms with Gasteiger partial charge in [-0.25, -0.2) is 4.39 Å². The molecule has 1 aromatic heterocycles. The number of rotatable bonds is 5. The summed E-state index contributed by atoms with van der Waals surface area (Å²) in [5.41, 5.74) is -0.0186. The molecule has 0 N–H and O–H groups in total. The van der Waals surface area contributed by atoms with Gasteiger partial charge in [0, 0.05) is 31.6 Å². The lowest BCUT2D eigenvalue weighted by molar-refractivity contribution is -0.130. The Kier molecular flexibility index (Phi) is 5.24. The SMILES string of the molecule is C=CC(=O)N(Cc1nocc1C(C)(C)C)CC1(F)CCOCC1. The Labute approximate surface area is 136 Å². The zero-order valence-corrected chi connectivity index (χ0v) is 14.1. The fourth-order valence-electron chi connectivity index (χ4n) is 2.74. The van der Waals surface area contributed by atoms with Crippen LogP contribution in [0.2, 0.25) is 0 Å². The smallest absolute Gasteiger partial charge is 0.246 e. The number of hydrogen-bond acceptors (Lipinski definition) is 4. The van der Waals surface area contributed by atoms with Crippen LogP contribution in [0, 0.1) is 0 Å². The Balaban J connectivity index is 2.18. The first-order valence-corrected chi connectivity index (χ1v) is 7.87. The predicted octanol–water partition coefficient (Wildman–Crippen LogP) is 3.01. The molecule has 1 saturated heterocycles. The Morgan fingerprint density at radius 3 is 2.70 bits per heavy atom. The Morgan fingerprint density at radius 2 is 2.13 bits per heavy atom. The summed E-state index contributed by atoms with van der Waals surface area (Å²) in [6.07, 6.45) is 3.38. The van der Waals surface area contributed by atoms with Crippen LogP contribution in [0.15, 0.2) is 23.4 Å². The number of nitrogens with zero attached hydrogens (tertiary/aromatic N) is 2. The van der Waals surface area contributed by atoms with Gasteiger partial charge in [0.05, 0.1) is 13.1 Å². The van der Waals surface area contributed by atoms with E-state index in [0.29, 0.717) is 31.7 Å². The van der Waals surface area contributed by atoms with Gasteiger partial charge >= 0.3 is 0 Å². The molecule has 1 aliphatic rings. The minimum atomic E-state index is -1.43. The maximum atomic E-state index is 14.9. The maximum absolute atomic E-state index is 14.9. The van der Waals surface area contributed by atoms with Gasteiger partial charge in [-0.1, -0.05) is 32.5 Å². The van der Waals surface area contributed by atoms with Gasteiger partial charge in [0.25, 0.3) is 0 Å². The van der Waals surface area contributed by atoms with Crippen molar-refractivity contribution in [2.75, 3.05) is 19.8 Å². The molecule has 2 heterocycles. The largest absolute Gasteiger partial charge is 0.381 e. The van der Waals surface area contributed by atoms with Crippen LogP contribution in [0.3, 0.4) is 0 Å². The molecular formula is C17H25FN2O3. The summed E-state index contributed by atoms with van der Waals surface area (Å²) in [6.45, 7) is 10.6. The average Bonchev–Trinajstić information content (AvgIpc) is 2.94. The highest BCUT2D eigenvalue weighted by atomic mass is 19.1. The summed E-state index contributed by atoms with van der Waals surface area (Å²) in [5.74, 6) is -0.309. The molecular weight excluding hydrogens is 299 g/mol. The second-order valence-corrected chi connectivity index (χ2v) is 7.09. The Hall–Kier alpha value is -1.69. The van der Waals surface area contributed by atoms with Crippen LogP contribution >= 0.6 is 0 Å². The molecule has 6 heteroatoms. The third-order valence-corrected chi connectivity index (χ3v) is 4.14. The monoisotopic (exact) mass is 324 g/mol. The van der Waals surface area contributed by atoms with Crippen molar-refractivity contribution in [3.8, 4) is 0 Å². The molecule has 0 unspecified atom stereocenters. The average molecular weight is 324 g/mol. The van der Waals surface area contributed by atoms with E-state index in [1.165, 1.54) is 11.0 Å². The molecule has 23 heavy (non-hydrogen) atoms. The first kappa shape index (κ1) is 17.7. The number of ether oxygens (including phenoxy) is 1. The van der Waals surface area contributed by atoms with Crippen molar-refractivity contribution in [2.24, 2.45) is 0 Å². The van der Waals surface area contributed by atoms with E-state index in [1.807, 2.05) is 20.8 Å². The number of amides is 1. The summed E-state index contributed by atoms with van der Waals surface area (Å²) < 4.78 is 25.2. The lowest BCUT2D eigenvalue weighted by Crippen LogP contribution is -2.45. The minimum Gasteiger partial charge on any atom is -0.381 e. The van der Waals surface area contributed by atoms with Gasteiger partial charge in [-0.3, -0.25) is 4.79 Å². The minimum absolute atomic E-state index is 0.0116. The van der Waals surface area contributed by atoms with Gasteiger partial charge in [-0.2, -0.15) is 0 Å². The van der Waals surface area contributed by atoms with Crippen LogP contribution in [0.1, 0.15) is 44.9 Å². The van der Waals surface area contributed by atoms with Gasteiger partial charge in [-0.05, 0) is 11.5 Å². The zero-order valence-electron chi connectivity index (χ0n) is 14.1. The van der Waals surface area contributed by atoms with Gasteiger partial charge in [0.2, 0.25) is 5.91 Å². The highest BCUT2D eigenvalue weighted by molar-refractivity contribution is 5.87. The molecule has 0 saturated carbocycles. The molecule has 0 aromatic carbocycles. The Morgan fingerprint density at radius 1 is 1.48 bits per heavy atom. The number of aromatic nitrogens is 1. The van der Waals surface area contributed by atoms with Gasteiger partial charge < -0.3 is 14.2 Å². The molecule has 1 fully saturated rings. The highest BCUT2D eigenvalue weighted by Gasteiger charge is 2.36. The normalized spacial score (nSPS) is 17.7. The maximum Gasteiger partial charge on any atom is 0.246 e.